The fraction of sp³-hybridized carbons (Fsp3) is 0.667. The number of nitrogens with one attached hydrogen (secondary N) is 2. The zero-order chi connectivity index (χ0) is 14.9. The van der Waals surface area contributed by atoms with Crippen molar-refractivity contribution in [3.05, 3.63) is 22.4 Å². The van der Waals surface area contributed by atoms with E-state index in [1.165, 1.54) is 4.88 Å². The van der Waals surface area contributed by atoms with Crippen LogP contribution in [-0.2, 0) is 11.3 Å². The summed E-state index contributed by atoms with van der Waals surface area (Å²) in [6.07, 6.45) is 0. The van der Waals surface area contributed by atoms with E-state index in [-0.39, 0.29) is 24.0 Å². The summed E-state index contributed by atoms with van der Waals surface area (Å²) >= 11 is 1.75. The zero-order valence-electron chi connectivity index (χ0n) is 13.4. The van der Waals surface area contributed by atoms with Crippen LogP contribution < -0.4 is 10.6 Å². The van der Waals surface area contributed by atoms with Gasteiger partial charge in [-0.15, -0.1) is 35.3 Å². The lowest BCUT2D eigenvalue weighted by molar-refractivity contribution is 0.0211. The molecule has 0 amide bonds. The molecule has 0 aromatic carbocycles. The summed E-state index contributed by atoms with van der Waals surface area (Å²) in [5.41, 5.74) is 0. The van der Waals surface area contributed by atoms with Crippen LogP contribution in [0.2, 0.25) is 0 Å². The van der Waals surface area contributed by atoms with Gasteiger partial charge in [0.15, 0.2) is 5.96 Å². The molecule has 0 spiro atoms. The van der Waals surface area contributed by atoms with Gasteiger partial charge in [-0.25, -0.2) is 4.99 Å². The van der Waals surface area contributed by atoms with E-state index in [2.05, 4.69) is 51.9 Å². The van der Waals surface area contributed by atoms with Gasteiger partial charge in [-0.3, -0.25) is 4.90 Å². The molecule has 1 fully saturated rings. The van der Waals surface area contributed by atoms with Gasteiger partial charge in [-0.2, -0.15) is 0 Å². The quantitative estimate of drug-likeness (QED) is 0.406. The molecule has 0 saturated carbocycles. The predicted molar refractivity (Wildman–Crippen MR) is 104 cm³/mol. The maximum absolute atomic E-state index is 5.40. The number of morpholine rings is 1. The van der Waals surface area contributed by atoms with Crippen molar-refractivity contribution in [3.8, 4) is 0 Å². The SMILES string of the molecule is CCNC(=NCc1cccs1)NCC(C)N1CCOCC1.I. The van der Waals surface area contributed by atoms with E-state index >= 15 is 0 Å². The zero-order valence-corrected chi connectivity index (χ0v) is 16.5. The summed E-state index contributed by atoms with van der Waals surface area (Å²) in [6.45, 7) is 10.6. The predicted octanol–water partition coefficient (Wildman–Crippen LogP) is 2.14. The molecule has 1 unspecified atom stereocenters. The van der Waals surface area contributed by atoms with Crippen molar-refractivity contribution in [2.24, 2.45) is 4.99 Å². The van der Waals surface area contributed by atoms with Crippen molar-refractivity contribution in [2.45, 2.75) is 26.4 Å². The Morgan fingerprint density at radius 2 is 2.18 bits per heavy atom. The van der Waals surface area contributed by atoms with Crippen LogP contribution in [0.4, 0.5) is 0 Å². The maximum atomic E-state index is 5.40. The van der Waals surface area contributed by atoms with E-state index in [1.54, 1.807) is 11.3 Å². The molecule has 5 nitrogen and oxygen atoms in total. The molecule has 1 aliphatic rings. The van der Waals surface area contributed by atoms with Crippen molar-refractivity contribution in [3.63, 3.8) is 0 Å². The molecule has 2 heterocycles. The molecule has 0 aliphatic carbocycles. The minimum atomic E-state index is 0. The number of thiophene rings is 1. The van der Waals surface area contributed by atoms with Gasteiger partial charge in [0.2, 0.25) is 0 Å². The van der Waals surface area contributed by atoms with Crippen LogP contribution in [0.15, 0.2) is 22.5 Å². The molecule has 1 aromatic rings. The van der Waals surface area contributed by atoms with E-state index in [9.17, 15) is 0 Å². The van der Waals surface area contributed by atoms with Gasteiger partial charge in [0.05, 0.1) is 19.8 Å². The first kappa shape index (κ1) is 19.7. The first-order chi connectivity index (χ1) is 10.3. The van der Waals surface area contributed by atoms with Gasteiger partial charge in [0.1, 0.15) is 0 Å². The second kappa shape index (κ2) is 11.2. The summed E-state index contributed by atoms with van der Waals surface area (Å²) in [4.78, 5) is 8.38. The van der Waals surface area contributed by atoms with Crippen molar-refractivity contribution in [1.82, 2.24) is 15.5 Å². The smallest absolute Gasteiger partial charge is 0.191 e. The Balaban J connectivity index is 0.00000242. The van der Waals surface area contributed by atoms with Crippen LogP contribution in [0.25, 0.3) is 0 Å². The minimum absolute atomic E-state index is 0. The monoisotopic (exact) mass is 438 g/mol. The number of guanidine groups is 1. The Morgan fingerprint density at radius 1 is 1.41 bits per heavy atom. The normalized spacial score (nSPS) is 17.6. The summed E-state index contributed by atoms with van der Waals surface area (Å²) in [7, 11) is 0. The van der Waals surface area contributed by atoms with E-state index in [0.29, 0.717) is 6.04 Å². The lowest BCUT2D eigenvalue weighted by atomic mass is 10.2. The van der Waals surface area contributed by atoms with Crippen LogP contribution in [0.3, 0.4) is 0 Å². The number of ether oxygens (including phenoxy) is 1. The lowest BCUT2D eigenvalue weighted by Gasteiger charge is -2.32. The highest BCUT2D eigenvalue weighted by molar-refractivity contribution is 14.0. The van der Waals surface area contributed by atoms with Crippen molar-refractivity contribution in [1.29, 1.82) is 0 Å². The second-order valence-electron chi connectivity index (χ2n) is 5.15. The van der Waals surface area contributed by atoms with Gasteiger partial charge in [0.25, 0.3) is 0 Å². The summed E-state index contributed by atoms with van der Waals surface area (Å²) < 4.78 is 5.40. The van der Waals surface area contributed by atoms with Crippen LogP contribution in [0.1, 0.15) is 18.7 Å². The minimum Gasteiger partial charge on any atom is -0.379 e. The first-order valence-corrected chi connectivity index (χ1v) is 8.54. The average molecular weight is 438 g/mol. The summed E-state index contributed by atoms with van der Waals surface area (Å²) in [5, 5.41) is 8.83. The number of rotatable bonds is 6. The van der Waals surface area contributed by atoms with Crippen molar-refractivity contribution in [2.75, 3.05) is 39.4 Å². The highest BCUT2D eigenvalue weighted by atomic mass is 127. The maximum Gasteiger partial charge on any atom is 0.191 e. The molecule has 1 aromatic heterocycles. The molecule has 1 atom stereocenters. The van der Waals surface area contributed by atoms with Crippen LogP contribution in [0.5, 0.6) is 0 Å². The average Bonchev–Trinajstić information content (AvgIpc) is 3.04. The Hall–Kier alpha value is -0.380. The summed E-state index contributed by atoms with van der Waals surface area (Å²) in [5.74, 6) is 0.894. The number of aliphatic imine (C=N–C) groups is 1. The second-order valence-corrected chi connectivity index (χ2v) is 6.19. The third kappa shape index (κ3) is 6.80. The lowest BCUT2D eigenvalue weighted by Crippen LogP contribution is -2.49. The molecule has 2 rings (SSSR count). The number of hydrogen-bond acceptors (Lipinski definition) is 4. The van der Waals surface area contributed by atoms with Gasteiger partial charge in [-0.05, 0) is 25.3 Å². The third-order valence-corrected chi connectivity index (χ3v) is 4.41. The molecule has 0 bridgehead atoms. The largest absolute Gasteiger partial charge is 0.379 e. The Kier molecular flexibility index (Phi) is 10.0. The Bertz CT molecular complexity index is 421. The van der Waals surface area contributed by atoms with Crippen LogP contribution in [0, 0.1) is 0 Å². The highest BCUT2D eigenvalue weighted by Crippen LogP contribution is 2.09. The Labute approximate surface area is 154 Å². The third-order valence-electron chi connectivity index (χ3n) is 3.55. The van der Waals surface area contributed by atoms with Crippen molar-refractivity contribution < 1.29 is 4.74 Å². The number of nitrogens with zero attached hydrogens (tertiary/aromatic N) is 2. The molecular formula is C15H27IN4OS. The van der Waals surface area contributed by atoms with Gasteiger partial charge < -0.3 is 15.4 Å². The summed E-state index contributed by atoms with van der Waals surface area (Å²) in [6, 6.07) is 4.67. The molecule has 7 heteroatoms. The van der Waals surface area contributed by atoms with E-state index in [4.69, 9.17) is 4.74 Å². The van der Waals surface area contributed by atoms with Crippen molar-refractivity contribution >= 4 is 41.3 Å². The number of halogens is 1. The standard InChI is InChI=1S/C15H26N4OS.HI/c1-3-16-15(18-12-14-5-4-10-21-14)17-11-13(2)19-6-8-20-9-7-19;/h4-5,10,13H,3,6-9,11-12H2,1-2H3,(H2,16,17,18);1H. The molecular weight excluding hydrogens is 411 g/mol. The Morgan fingerprint density at radius 3 is 2.82 bits per heavy atom. The fourth-order valence-electron chi connectivity index (χ4n) is 2.29. The molecule has 22 heavy (non-hydrogen) atoms. The molecule has 126 valence electrons. The van der Waals surface area contributed by atoms with Crippen LogP contribution >= 0.6 is 35.3 Å². The van der Waals surface area contributed by atoms with Gasteiger partial charge in [-0.1, -0.05) is 6.07 Å². The van der Waals surface area contributed by atoms with Crippen LogP contribution in [-0.4, -0.2) is 56.3 Å². The fourth-order valence-corrected chi connectivity index (χ4v) is 2.92. The molecule has 1 aliphatic heterocycles. The van der Waals surface area contributed by atoms with E-state index in [1.807, 2.05) is 0 Å². The topological polar surface area (TPSA) is 48.9 Å². The highest BCUT2D eigenvalue weighted by Gasteiger charge is 2.16. The van der Waals surface area contributed by atoms with E-state index < -0.39 is 0 Å². The van der Waals surface area contributed by atoms with Gasteiger partial charge >= 0.3 is 0 Å². The molecule has 2 N–H and O–H groups in total. The van der Waals surface area contributed by atoms with Gasteiger partial charge in [0, 0.05) is 37.1 Å². The first-order valence-electron chi connectivity index (χ1n) is 7.66. The molecule has 1 saturated heterocycles. The molecule has 0 radical (unpaired) electrons. The van der Waals surface area contributed by atoms with E-state index in [0.717, 1.165) is 51.9 Å². The number of hydrogen-bond donors (Lipinski definition) is 2.